The summed E-state index contributed by atoms with van der Waals surface area (Å²) >= 11 is 0. The van der Waals surface area contributed by atoms with Crippen molar-refractivity contribution in [3.05, 3.63) is 29.6 Å². The number of hydrogen-bond acceptors (Lipinski definition) is 3. The molecule has 0 heterocycles. The van der Waals surface area contributed by atoms with Gasteiger partial charge in [-0.25, -0.2) is 4.39 Å². The van der Waals surface area contributed by atoms with Crippen LogP contribution in [0.4, 0.5) is 4.39 Å². The molecule has 4 heteroatoms. The fourth-order valence-electron chi connectivity index (χ4n) is 1.38. The smallest absolute Gasteiger partial charge is 0.129 e. The fraction of sp³-hybridized carbons (Fsp3) is 0.538. The molecule has 96 valence electrons. The maximum atomic E-state index is 13.2. The van der Waals surface area contributed by atoms with E-state index >= 15 is 0 Å². The molecule has 0 saturated carbocycles. The van der Waals surface area contributed by atoms with E-state index in [9.17, 15) is 4.39 Å². The second kappa shape index (κ2) is 7.25. The van der Waals surface area contributed by atoms with Gasteiger partial charge < -0.3 is 15.2 Å². The average molecular weight is 241 g/mol. The summed E-state index contributed by atoms with van der Waals surface area (Å²) in [6.07, 6.45) is 0.996. The number of hydrogen-bond donors (Lipinski definition) is 2. The summed E-state index contributed by atoms with van der Waals surface area (Å²) in [5, 5.41) is 12.3. The third-order valence-electron chi connectivity index (χ3n) is 2.50. The van der Waals surface area contributed by atoms with Crippen LogP contribution in [0.1, 0.15) is 18.9 Å². The van der Waals surface area contributed by atoms with Crippen LogP contribution >= 0.6 is 0 Å². The van der Waals surface area contributed by atoms with Crippen molar-refractivity contribution < 1.29 is 14.2 Å². The Kier molecular flexibility index (Phi) is 5.94. The minimum absolute atomic E-state index is 0.00828. The number of halogens is 1. The van der Waals surface area contributed by atoms with E-state index in [2.05, 4.69) is 12.2 Å². The molecular formula is C13H20FNO2. The van der Waals surface area contributed by atoms with Gasteiger partial charge in [-0.15, -0.1) is 0 Å². The Morgan fingerprint density at radius 2 is 2.24 bits per heavy atom. The van der Waals surface area contributed by atoms with Gasteiger partial charge in [0.05, 0.1) is 12.6 Å². The highest BCUT2D eigenvalue weighted by Crippen LogP contribution is 2.15. The normalized spacial score (nSPS) is 12.5. The van der Waals surface area contributed by atoms with Crippen molar-refractivity contribution in [2.24, 2.45) is 0 Å². The van der Waals surface area contributed by atoms with E-state index in [4.69, 9.17) is 9.84 Å². The topological polar surface area (TPSA) is 41.5 Å². The molecule has 0 fully saturated rings. The van der Waals surface area contributed by atoms with Crippen molar-refractivity contribution in [2.45, 2.75) is 26.3 Å². The zero-order valence-corrected chi connectivity index (χ0v) is 10.4. The molecular weight excluding hydrogens is 221 g/mol. The Morgan fingerprint density at radius 1 is 1.47 bits per heavy atom. The number of rotatable bonds is 7. The molecule has 0 spiro atoms. The second-order valence-corrected chi connectivity index (χ2v) is 4.06. The molecule has 0 radical (unpaired) electrons. The van der Waals surface area contributed by atoms with Crippen LogP contribution in [0.15, 0.2) is 18.2 Å². The lowest BCUT2D eigenvalue weighted by atomic mass is 10.2. The van der Waals surface area contributed by atoms with E-state index in [1.807, 2.05) is 0 Å². The average Bonchev–Trinajstić information content (AvgIpc) is 2.34. The molecule has 1 aromatic rings. The Bertz CT molecular complexity index is 344. The van der Waals surface area contributed by atoms with Gasteiger partial charge in [-0.3, -0.25) is 0 Å². The summed E-state index contributed by atoms with van der Waals surface area (Å²) < 4.78 is 18.7. The first kappa shape index (κ1) is 13.9. The Balaban J connectivity index is 2.45. The van der Waals surface area contributed by atoms with E-state index < -0.39 is 0 Å². The van der Waals surface area contributed by atoms with Crippen LogP contribution in [0.3, 0.4) is 0 Å². The number of aliphatic hydroxyl groups is 1. The first-order chi connectivity index (χ1) is 8.17. The number of nitrogens with one attached hydrogen (secondary N) is 1. The van der Waals surface area contributed by atoms with Crippen LogP contribution in [0.2, 0.25) is 0 Å². The highest BCUT2D eigenvalue weighted by Gasteiger charge is 2.07. The highest BCUT2D eigenvalue weighted by molar-refractivity contribution is 5.27. The molecule has 3 nitrogen and oxygen atoms in total. The van der Waals surface area contributed by atoms with Crippen molar-refractivity contribution in [3.63, 3.8) is 0 Å². The van der Waals surface area contributed by atoms with Crippen molar-refractivity contribution in [2.75, 3.05) is 19.8 Å². The molecule has 0 bridgehead atoms. The molecule has 0 amide bonds. The fourth-order valence-corrected chi connectivity index (χ4v) is 1.38. The zero-order valence-electron chi connectivity index (χ0n) is 10.4. The van der Waals surface area contributed by atoms with Crippen LogP contribution in [0.25, 0.3) is 0 Å². The van der Waals surface area contributed by atoms with Crippen LogP contribution < -0.4 is 10.1 Å². The Hall–Kier alpha value is -1.13. The maximum absolute atomic E-state index is 13.2. The van der Waals surface area contributed by atoms with Crippen LogP contribution in [0, 0.1) is 12.7 Å². The molecule has 1 aromatic carbocycles. The van der Waals surface area contributed by atoms with Gasteiger partial charge in [0.15, 0.2) is 0 Å². The lowest BCUT2D eigenvalue weighted by Gasteiger charge is -2.16. The number of benzene rings is 1. The summed E-state index contributed by atoms with van der Waals surface area (Å²) in [5.74, 6) is 0.217. The van der Waals surface area contributed by atoms with E-state index in [1.165, 1.54) is 6.07 Å². The van der Waals surface area contributed by atoms with Gasteiger partial charge in [-0.2, -0.15) is 0 Å². The summed E-state index contributed by atoms with van der Waals surface area (Å²) in [5.41, 5.74) is 0.597. The standard InChI is InChI=1S/C13H20FNO2/c1-3-6-15-11(8-16)9-17-12-5-4-10(2)13(14)7-12/h4-5,7,11,15-16H,3,6,8-9H2,1-2H3. The van der Waals surface area contributed by atoms with Gasteiger partial charge in [0.2, 0.25) is 0 Å². The van der Waals surface area contributed by atoms with Crippen LogP contribution in [-0.4, -0.2) is 30.9 Å². The molecule has 0 aliphatic rings. The van der Waals surface area contributed by atoms with Gasteiger partial charge >= 0.3 is 0 Å². The van der Waals surface area contributed by atoms with E-state index in [-0.39, 0.29) is 18.5 Å². The monoisotopic (exact) mass is 241 g/mol. The number of aliphatic hydroxyl groups excluding tert-OH is 1. The summed E-state index contributed by atoms with van der Waals surface area (Å²) in [6.45, 7) is 4.93. The third-order valence-corrected chi connectivity index (χ3v) is 2.50. The first-order valence-corrected chi connectivity index (χ1v) is 5.90. The lowest BCUT2D eigenvalue weighted by Crippen LogP contribution is -2.38. The molecule has 0 aliphatic carbocycles. The molecule has 2 N–H and O–H groups in total. The minimum atomic E-state index is -0.274. The van der Waals surface area contributed by atoms with Gasteiger partial charge in [0, 0.05) is 6.07 Å². The van der Waals surface area contributed by atoms with Crippen molar-refractivity contribution in [1.29, 1.82) is 0 Å². The van der Waals surface area contributed by atoms with Crippen molar-refractivity contribution in [1.82, 2.24) is 5.32 Å². The lowest BCUT2D eigenvalue weighted by molar-refractivity contribution is 0.183. The van der Waals surface area contributed by atoms with E-state index in [0.29, 0.717) is 17.9 Å². The summed E-state index contributed by atoms with van der Waals surface area (Å²) in [6, 6.07) is 4.66. The zero-order chi connectivity index (χ0) is 12.7. The third kappa shape index (κ3) is 4.71. The predicted octanol–water partition coefficient (Wildman–Crippen LogP) is 1.87. The summed E-state index contributed by atoms with van der Waals surface area (Å²) in [7, 11) is 0. The molecule has 1 rings (SSSR count). The van der Waals surface area contributed by atoms with Crippen molar-refractivity contribution in [3.8, 4) is 5.75 Å². The molecule has 1 unspecified atom stereocenters. The van der Waals surface area contributed by atoms with Crippen molar-refractivity contribution >= 4 is 0 Å². The summed E-state index contributed by atoms with van der Waals surface area (Å²) in [4.78, 5) is 0. The molecule has 17 heavy (non-hydrogen) atoms. The van der Waals surface area contributed by atoms with Crippen LogP contribution in [0.5, 0.6) is 5.75 Å². The molecule has 0 aromatic heterocycles. The molecule has 1 atom stereocenters. The Morgan fingerprint density at radius 3 is 2.82 bits per heavy atom. The Labute approximate surface area is 102 Å². The second-order valence-electron chi connectivity index (χ2n) is 4.06. The van der Waals surface area contributed by atoms with Gasteiger partial charge in [-0.1, -0.05) is 13.0 Å². The predicted molar refractivity (Wildman–Crippen MR) is 65.8 cm³/mol. The van der Waals surface area contributed by atoms with Gasteiger partial charge in [-0.05, 0) is 31.5 Å². The first-order valence-electron chi connectivity index (χ1n) is 5.90. The quantitative estimate of drug-likeness (QED) is 0.765. The number of ether oxygens (including phenoxy) is 1. The van der Waals surface area contributed by atoms with Gasteiger partial charge in [0.1, 0.15) is 18.2 Å². The van der Waals surface area contributed by atoms with Gasteiger partial charge in [0.25, 0.3) is 0 Å². The molecule has 0 aliphatic heterocycles. The largest absolute Gasteiger partial charge is 0.492 e. The van der Waals surface area contributed by atoms with E-state index in [0.717, 1.165) is 13.0 Å². The van der Waals surface area contributed by atoms with E-state index in [1.54, 1.807) is 19.1 Å². The minimum Gasteiger partial charge on any atom is -0.492 e. The van der Waals surface area contributed by atoms with Crippen LogP contribution in [-0.2, 0) is 0 Å². The number of aryl methyl sites for hydroxylation is 1. The maximum Gasteiger partial charge on any atom is 0.129 e. The SMILES string of the molecule is CCCNC(CO)COc1ccc(C)c(F)c1. The molecule has 0 saturated heterocycles. The highest BCUT2D eigenvalue weighted by atomic mass is 19.1.